The van der Waals surface area contributed by atoms with E-state index in [0.717, 1.165) is 33.5 Å². The fourth-order valence-electron chi connectivity index (χ4n) is 3.43. The second-order valence-corrected chi connectivity index (χ2v) is 6.90. The molecule has 0 fully saturated rings. The van der Waals surface area contributed by atoms with Crippen LogP contribution in [0.3, 0.4) is 0 Å². The Labute approximate surface area is 159 Å². The van der Waals surface area contributed by atoms with Gasteiger partial charge in [-0.25, -0.2) is 0 Å². The molecule has 2 aliphatic heterocycles. The van der Waals surface area contributed by atoms with Gasteiger partial charge in [-0.2, -0.15) is 5.10 Å². The molecule has 0 saturated heterocycles. The average molecular weight is 409 g/mol. The molecule has 0 saturated carbocycles. The zero-order chi connectivity index (χ0) is 18.3. The van der Waals surface area contributed by atoms with E-state index in [0.29, 0.717) is 10.3 Å². The van der Waals surface area contributed by atoms with Gasteiger partial charge in [0, 0.05) is 28.6 Å². The molecule has 5 nitrogen and oxygen atoms in total. The summed E-state index contributed by atoms with van der Waals surface area (Å²) >= 11 is 3.40. The maximum Gasteiger partial charge on any atom is 0.157 e. The molecular weight excluding hydrogens is 392 g/mol. The Kier molecular flexibility index (Phi) is 4.05. The smallest absolute Gasteiger partial charge is 0.157 e. The lowest BCUT2D eigenvalue weighted by Gasteiger charge is -2.21. The summed E-state index contributed by atoms with van der Waals surface area (Å²) in [5.41, 5.74) is 5.93. The average Bonchev–Trinajstić information content (AvgIpc) is 3.01. The second kappa shape index (κ2) is 6.38. The first kappa shape index (κ1) is 16.5. The number of nitrogens with two attached hydrogens (primary N) is 1. The molecule has 0 radical (unpaired) electrons. The largest absolute Gasteiger partial charge is 0.507 e. The van der Waals surface area contributed by atoms with E-state index in [4.69, 9.17) is 5.84 Å². The molecule has 2 aromatic carbocycles. The van der Waals surface area contributed by atoms with Gasteiger partial charge in [-0.3, -0.25) is 0 Å². The quantitative estimate of drug-likeness (QED) is 0.446. The highest BCUT2D eigenvalue weighted by molar-refractivity contribution is 9.10. The third-order valence-corrected chi connectivity index (χ3v) is 5.26. The van der Waals surface area contributed by atoms with Crippen LogP contribution in [-0.4, -0.2) is 10.9 Å². The normalized spacial score (nSPS) is 19.8. The van der Waals surface area contributed by atoms with Crippen LogP contribution < -0.4 is 16.5 Å². The number of para-hydroxylation sites is 1. The van der Waals surface area contributed by atoms with Crippen molar-refractivity contribution in [3.63, 3.8) is 0 Å². The first-order chi connectivity index (χ1) is 12.6. The number of benzene rings is 2. The van der Waals surface area contributed by atoms with Crippen molar-refractivity contribution in [2.75, 3.05) is 5.32 Å². The molecule has 6 heteroatoms. The number of hydrazone groups is 1. The molecule has 26 heavy (non-hydrogen) atoms. The maximum atomic E-state index is 9.85. The molecule has 4 rings (SSSR count). The number of phenolic OH excluding ortho intramolecular Hbond substituents is 1. The minimum Gasteiger partial charge on any atom is -0.507 e. The fraction of sp³-hybridized carbons (Fsp3) is 0.0500. The van der Waals surface area contributed by atoms with E-state index < -0.39 is 0 Å². The number of aromatic hydroxyl groups is 1. The van der Waals surface area contributed by atoms with Gasteiger partial charge in [0.15, 0.2) is 5.84 Å². The van der Waals surface area contributed by atoms with Crippen molar-refractivity contribution in [1.29, 1.82) is 0 Å². The summed E-state index contributed by atoms with van der Waals surface area (Å²) in [4.78, 5) is 0. The Hall–Kier alpha value is -2.99. The van der Waals surface area contributed by atoms with Crippen LogP contribution in [0.1, 0.15) is 17.2 Å². The van der Waals surface area contributed by atoms with Gasteiger partial charge >= 0.3 is 0 Å². The Morgan fingerprint density at radius 1 is 1.23 bits per heavy atom. The minimum absolute atomic E-state index is 0.146. The topological polar surface area (TPSA) is 82.7 Å². The predicted molar refractivity (Wildman–Crippen MR) is 109 cm³/mol. The number of anilines is 1. The van der Waals surface area contributed by atoms with Crippen molar-refractivity contribution < 1.29 is 5.11 Å². The van der Waals surface area contributed by atoms with Crippen LogP contribution in [-0.2, 0) is 0 Å². The summed E-state index contributed by atoms with van der Waals surface area (Å²) in [6.07, 6.45) is 3.74. The van der Waals surface area contributed by atoms with Crippen LogP contribution in [0.5, 0.6) is 5.75 Å². The third-order valence-electron chi connectivity index (χ3n) is 4.63. The predicted octanol–water partition coefficient (Wildman–Crippen LogP) is 4.02. The molecule has 1 unspecified atom stereocenters. The lowest BCUT2D eigenvalue weighted by molar-refractivity contribution is 0.471. The van der Waals surface area contributed by atoms with Gasteiger partial charge in [-0.15, -0.1) is 0 Å². The van der Waals surface area contributed by atoms with Crippen LogP contribution in [0.15, 0.2) is 82.0 Å². The SMILES string of the molecule is C=CC1=C2C(=CN/C2=N/N)C(c2ccc(O)c(Br)c2)Nc2ccccc21. The van der Waals surface area contributed by atoms with Crippen molar-refractivity contribution in [2.45, 2.75) is 6.04 Å². The Morgan fingerprint density at radius 3 is 2.77 bits per heavy atom. The van der Waals surface area contributed by atoms with E-state index in [1.54, 1.807) is 6.07 Å². The van der Waals surface area contributed by atoms with Gasteiger partial charge in [0.2, 0.25) is 0 Å². The maximum absolute atomic E-state index is 9.85. The van der Waals surface area contributed by atoms with E-state index in [1.807, 2.05) is 48.7 Å². The van der Waals surface area contributed by atoms with Gasteiger partial charge < -0.3 is 21.6 Å². The monoisotopic (exact) mass is 408 g/mol. The number of phenols is 1. The van der Waals surface area contributed by atoms with E-state index in [9.17, 15) is 5.11 Å². The van der Waals surface area contributed by atoms with Gasteiger partial charge in [0.05, 0.1) is 10.5 Å². The molecule has 0 aliphatic carbocycles. The van der Waals surface area contributed by atoms with Crippen LogP contribution in [0, 0.1) is 0 Å². The number of hydrogen-bond donors (Lipinski definition) is 4. The standard InChI is InChI=1S/C20H17BrN4O/c1-2-12-13-5-3-4-6-16(13)24-19(11-7-8-17(26)15(21)9-11)14-10-23-20(25-22)18(12)14/h2-10,19,24,26H,1,22H2,(H,23,25). The molecule has 2 aliphatic rings. The number of nitrogens with zero attached hydrogens (tertiary/aromatic N) is 1. The number of nitrogens with one attached hydrogen (secondary N) is 2. The van der Waals surface area contributed by atoms with Crippen molar-refractivity contribution >= 4 is 33.0 Å². The number of halogens is 1. The molecule has 0 spiro atoms. The molecule has 130 valence electrons. The van der Waals surface area contributed by atoms with Gasteiger partial charge in [0.25, 0.3) is 0 Å². The second-order valence-electron chi connectivity index (χ2n) is 6.05. The van der Waals surface area contributed by atoms with Crippen LogP contribution in [0.2, 0.25) is 0 Å². The minimum atomic E-state index is -0.146. The Morgan fingerprint density at radius 2 is 2.04 bits per heavy atom. The van der Waals surface area contributed by atoms with Crippen molar-refractivity contribution in [3.8, 4) is 5.75 Å². The summed E-state index contributed by atoms with van der Waals surface area (Å²) in [7, 11) is 0. The number of allylic oxidation sites excluding steroid dienone is 2. The third kappa shape index (κ3) is 2.50. The zero-order valence-electron chi connectivity index (χ0n) is 13.8. The Bertz CT molecular complexity index is 1010. The zero-order valence-corrected chi connectivity index (χ0v) is 15.4. The van der Waals surface area contributed by atoms with E-state index in [1.165, 1.54) is 0 Å². The molecule has 0 aromatic heterocycles. The first-order valence-corrected chi connectivity index (χ1v) is 8.89. The summed E-state index contributed by atoms with van der Waals surface area (Å²) in [5.74, 6) is 6.43. The lowest BCUT2D eigenvalue weighted by Crippen LogP contribution is -2.17. The van der Waals surface area contributed by atoms with Gasteiger partial charge in [0.1, 0.15) is 5.75 Å². The summed E-state index contributed by atoms with van der Waals surface area (Å²) in [5, 5.41) is 20.5. The molecule has 5 N–H and O–H groups in total. The molecule has 2 heterocycles. The number of rotatable bonds is 2. The van der Waals surface area contributed by atoms with E-state index in [-0.39, 0.29) is 11.8 Å². The van der Waals surface area contributed by atoms with Crippen molar-refractivity contribution in [2.24, 2.45) is 10.9 Å². The van der Waals surface area contributed by atoms with Crippen LogP contribution >= 0.6 is 15.9 Å². The number of hydrogen-bond acceptors (Lipinski definition) is 4. The molecule has 0 amide bonds. The first-order valence-electron chi connectivity index (χ1n) is 8.10. The summed E-state index contributed by atoms with van der Waals surface area (Å²) in [6, 6.07) is 13.4. The molecule has 0 bridgehead atoms. The summed E-state index contributed by atoms with van der Waals surface area (Å²) < 4.78 is 0.642. The summed E-state index contributed by atoms with van der Waals surface area (Å²) in [6.45, 7) is 4.00. The highest BCUT2D eigenvalue weighted by atomic mass is 79.9. The number of fused-ring (bicyclic) bond motifs is 2. The fourth-order valence-corrected chi connectivity index (χ4v) is 3.83. The van der Waals surface area contributed by atoms with E-state index in [2.05, 4.69) is 38.2 Å². The van der Waals surface area contributed by atoms with E-state index >= 15 is 0 Å². The lowest BCUT2D eigenvalue weighted by atomic mass is 9.91. The number of amidine groups is 1. The molecular formula is C20H17BrN4O. The van der Waals surface area contributed by atoms with Crippen molar-refractivity contribution in [3.05, 3.63) is 88.1 Å². The van der Waals surface area contributed by atoms with Crippen LogP contribution in [0.25, 0.3) is 5.57 Å². The highest BCUT2D eigenvalue weighted by Gasteiger charge is 2.33. The molecule has 1 atom stereocenters. The van der Waals surface area contributed by atoms with Crippen molar-refractivity contribution in [1.82, 2.24) is 5.32 Å². The highest BCUT2D eigenvalue weighted by Crippen LogP contribution is 2.44. The van der Waals surface area contributed by atoms with Gasteiger partial charge in [-0.1, -0.05) is 36.9 Å². The van der Waals surface area contributed by atoms with Crippen LogP contribution in [0.4, 0.5) is 5.69 Å². The molecule has 2 aromatic rings. The Balaban J connectivity index is 1.98. The van der Waals surface area contributed by atoms with Gasteiger partial charge in [-0.05, 0) is 45.3 Å².